The summed E-state index contributed by atoms with van der Waals surface area (Å²) in [6.45, 7) is 7.22. The molecule has 1 atom stereocenters. The number of anilines is 1. The van der Waals surface area contributed by atoms with Crippen molar-refractivity contribution in [2.75, 3.05) is 5.32 Å². The normalized spacial score (nSPS) is 11.7. The number of nitrogens with one attached hydrogen (secondary N) is 1. The molecule has 0 bridgehead atoms. The molecule has 0 fully saturated rings. The van der Waals surface area contributed by atoms with Crippen molar-refractivity contribution in [1.29, 1.82) is 0 Å². The Morgan fingerprint density at radius 2 is 1.75 bits per heavy atom. The SMILES string of the molecule is Cc1cc([N+](=O)[O-])ccc1NC(=O)[C@H](C)Oc1c(C)cccc1C. The molecule has 0 aliphatic rings. The van der Waals surface area contributed by atoms with Gasteiger partial charge in [0, 0.05) is 17.8 Å². The van der Waals surface area contributed by atoms with Crippen LogP contribution < -0.4 is 10.1 Å². The quantitative estimate of drug-likeness (QED) is 0.666. The summed E-state index contributed by atoms with van der Waals surface area (Å²) in [5, 5.41) is 13.5. The number of nitro benzene ring substituents is 1. The molecular weight excluding hydrogens is 308 g/mol. The molecule has 24 heavy (non-hydrogen) atoms. The molecule has 0 unspecified atom stereocenters. The molecule has 0 heterocycles. The number of aryl methyl sites for hydroxylation is 3. The van der Waals surface area contributed by atoms with Gasteiger partial charge in [0.05, 0.1) is 4.92 Å². The molecule has 1 N–H and O–H groups in total. The van der Waals surface area contributed by atoms with Crippen molar-refractivity contribution in [2.24, 2.45) is 0 Å². The lowest BCUT2D eigenvalue weighted by Gasteiger charge is -2.18. The number of benzene rings is 2. The highest BCUT2D eigenvalue weighted by atomic mass is 16.6. The van der Waals surface area contributed by atoms with Crippen molar-refractivity contribution >= 4 is 17.3 Å². The third kappa shape index (κ3) is 3.90. The first kappa shape index (κ1) is 17.5. The summed E-state index contributed by atoms with van der Waals surface area (Å²) >= 11 is 0. The van der Waals surface area contributed by atoms with Crippen molar-refractivity contribution < 1.29 is 14.5 Å². The minimum atomic E-state index is -0.695. The smallest absolute Gasteiger partial charge is 0.269 e. The number of amides is 1. The second kappa shape index (κ2) is 7.12. The van der Waals surface area contributed by atoms with Crippen LogP contribution in [0.15, 0.2) is 36.4 Å². The molecular formula is C18H20N2O4. The number of hydrogen-bond donors (Lipinski definition) is 1. The first-order valence-corrected chi connectivity index (χ1v) is 7.58. The zero-order valence-corrected chi connectivity index (χ0v) is 14.1. The predicted octanol–water partition coefficient (Wildman–Crippen LogP) is 3.93. The molecule has 0 saturated heterocycles. The molecule has 2 rings (SSSR count). The molecule has 126 valence electrons. The van der Waals surface area contributed by atoms with Gasteiger partial charge in [0.25, 0.3) is 11.6 Å². The summed E-state index contributed by atoms with van der Waals surface area (Å²) in [6, 6.07) is 10.1. The molecule has 0 saturated carbocycles. The van der Waals surface area contributed by atoms with E-state index in [9.17, 15) is 14.9 Å². The zero-order chi connectivity index (χ0) is 17.9. The zero-order valence-electron chi connectivity index (χ0n) is 14.1. The molecule has 0 aliphatic carbocycles. The Bertz CT molecular complexity index is 766. The van der Waals surface area contributed by atoms with Crippen molar-refractivity contribution in [3.8, 4) is 5.75 Å². The van der Waals surface area contributed by atoms with Gasteiger partial charge in [0.15, 0.2) is 6.10 Å². The fourth-order valence-electron chi connectivity index (χ4n) is 2.35. The van der Waals surface area contributed by atoms with Crippen LogP contribution in [-0.4, -0.2) is 16.9 Å². The molecule has 0 spiro atoms. The van der Waals surface area contributed by atoms with E-state index in [2.05, 4.69) is 5.32 Å². The Balaban J connectivity index is 2.11. The summed E-state index contributed by atoms with van der Waals surface area (Å²) in [5.41, 5.74) is 3.06. The van der Waals surface area contributed by atoms with E-state index in [4.69, 9.17) is 4.74 Å². The van der Waals surface area contributed by atoms with E-state index in [1.807, 2.05) is 32.0 Å². The Morgan fingerprint density at radius 1 is 1.12 bits per heavy atom. The molecule has 6 nitrogen and oxygen atoms in total. The minimum Gasteiger partial charge on any atom is -0.480 e. The molecule has 0 aromatic heterocycles. The second-order valence-corrected chi connectivity index (χ2v) is 5.73. The van der Waals surface area contributed by atoms with Crippen molar-refractivity contribution in [3.05, 3.63) is 63.2 Å². The number of carbonyl (C=O) groups excluding carboxylic acids is 1. The number of ether oxygens (including phenoxy) is 1. The standard InChI is InChI=1S/C18H20N2O4/c1-11-6-5-7-12(2)17(11)24-14(4)18(21)19-16-9-8-15(20(22)23)10-13(16)3/h5-10,14H,1-4H3,(H,19,21)/t14-/m0/s1. The van der Waals surface area contributed by atoms with Crippen LogP contribution >= 0.6 is 0 Å². The lowest BCUT2D eigenvalue weighted by Crippen LogP contribution is -2.30. The highest BCUT2D eigenvalue weighted by molar-refractivity contribution is 5.94. The van der Waals surface area contributed by atoms with Gasteiger partial charge in [-0.15, -0.1) is 0 Å². The summed E-state index contributed by atoms with van der Waals surface area (Å²) in [6.07, 6.45) is -0.695. The van der Waals surface area contributed by atoms with Crippen molar-refractivity contribution in [3.63, 3.8) is 0 Å². The molecule has 2 aromatic rings. The third-order valence-corrected chi connectivity index (χ3v) is 3.75. The summed E-state index contributed by atoms with van der Waals surface area (Å²) in [7, 11) is 0. The van der Waals surface area contributed by atoms with E-state index in [0.29, 0.717) is 17.0 Å². The average Bonchev–Trinajstić information content (AvgIpc) is 2.52. The lowest BCUT2D eigenvalue weighted by atomic mass is 10.1. The van der Waals surface area contributed by atoms with Crippen LogP contribution in [0.25, 0.3) is 0 Å². The van der Waals surface area contributed by atoms with E-state index < -0.39 is 11.0 Å². The van der Waals surface area contributed by atoms with E-state index >= 15 is 0 Å². The first-order valence-electron chi connectivity index (χ1n) is 7.58. The second-order valence-electron chi connectivity index (χ2n) is 5.73. The van der Waals surface area contributed by atoms with Crippen LogP contribution in [0, 0.1) is 30.9 Å². The van der Waals surface area contributed by atoms with Gasteiger partial charge < -0.3 is 10.1 Å². The fraction of sp³-hybridized carbons (Fsp3) is 0.278. The number of non-ortho nitro benzene ring substituents is 1. The Hall–Kier alpha value is -2.89. The highest BCUT2D eigenvalue weighted by Crippen LogP contribution is 2.25. The number of nitrogens with zero attached hydrogens (tertiary/aromatic N) is 1. The number of para-hydroxylation sites is 1. The van der Waals surface area contributed by atoms with E-state index in [-0.39, 0.29) is 11.6 Å². The molecule has 2 aromatic carbocycles. The predicted molar refractivity (Wildman–Crippen MR) is 92.5 cm³/mol. The third-order valence-electron chi connectivity index (χ3n) is 3.75. The largest absolute Gasteiger partial charge is 0.480 e. The van der Waals surface area contributed by atoms with Crippen LogP contribution in [0.1, 0.15) is 23.6 Å². The first-order chi connectivity index (χ1) is 11.3. The molecule has 1 amide bonds. The minimum absolute atomic E-state index is 0.00895. The van der Waals surface area contributed by atoms with Crippen LogP contribution in [0.2, 0.25) is 0 Å². The Labute approximate surface area is 140 Å². The maximum atomic E-state index is 12.3. The number of hydrogen-bond acceptors (Lipinski definition) is 4. The van der Waals surface area contributed by atoms with Gasteiger partial charge in [-0.25, -0.2) is 0 Å². The topological polar surface area (TPSA) is 81.5 Å². The van der Waals surface area contributed by atoms with Gasteiger partial charge in [-0.1, -0.05) is 18.2 Å². The van der Waals surface area contributed by atoms with Gasteiger partial charge in [0.2, 0.25) is 0 Å². The Morgan fingerprint density at radius 3 is 2.29 bits per heavy atom. The van der Waals surface area contributed by atoms with E-state index in [1.165, 1.54) is 18.2 Å². The highest BCUT2D eigenvalue weighted by Gasteiger charge is 2.18. The van der Waals surface area contributed by atoms with Gasteiger partial charge in [0.1, 0.15) is 5.75 Å². The van der Waals surface area contributed by atoms with Crippen molar-refractivity contribution in [2.45, 2.75) is 33.8 Å². The van der Waals surface area contributed by atoms with Gasteiger partial charge in [-0.05, 0) is 50.5 Å². The van der Waals surface area contributed by atoms with E-state index in [1.54, 1.807) is 13.8 Å². The summed E-state index contributed by atoms with van der Waals surface area (Å²) in [5.74, 6) is 0.384. The Kier molecular flexibility index (Phi) is 5.18. The van der Waals surface area contributed by atoms with Gasteiger partial charge in [-0.3, -0.25) is 14.9 Å². The van der Waals surface area contributed by atoms with E-state index in [0.717, 1.165) is 11.1 Å². The monoisotopic (exact) mass is 328 g/mol. The maximum Gasteiger partial charge on any atom is 0.269 e. The van der Waals surface area contributed by atoms with Gasteiger partial charge in [-0.2, -0.15) is 0 Å². The molecule has 6 heteroatoms. The summed E-state index contributed by atoms with van der Waals surface area (Å²) < 4.78 is 5.79. The van der Waals surface area contributed by atoms with Crippen LogP contribution in [0.5, 0.6) is 5.75 Å². The van der Waals surface area contributed by atoms with Crippen LogP contribution in [0.4, 0.5) is 11.4 Å². The molecule has 0 aliphatic heterocycles. The number of carbonyl (C=O) groups is 1. The maximum absolute atomic E-state index is 12.3. The van der Waals surface area contributed by atoms with Crippen LogP contribution in [-0.2, 0) is 4.79 Å². The lowest BCUT2D eigenvalue weighted by molar-refractivity contribution is -0.384. The molecule has 0 radical (unpaired) electrons. The van der Waals surface area contributed by atoms with Gasteiger partial charge >= 0.3 is 0 Å². The fourth-order valence-corrected chi connectivity index (χ4v) is 2.35. The average molecular weight is 328 g/mol. The number of nitro groups is 1. The van der Waals surface area contributed by atoms with Crippen molar-refractivity contribution in [1.82, 2.24) is 0 Å². The summed E-state index contributed by atoms with van der Waals surface area (Å²) in [4.78, 5) is 22.6. The number of rotatable bonds is 5. The van der Waals surface area contributed by atoms with Crippen LogP contribution in [0.3, 0.4) is 0 Å².